The third-order valence-electron chi connectivity index (χ3n) is 4.83. The smallest absolute Gasteiger partial charge is 0.224 e. The molecule has 9 heteroatoms. The van der Waals surface area contributed by atoms with Crippen molar-refractivity contribution in [3.05, 3.63) is 64.4 Å². The molecule has 0 radical (unpaired) electrons. The first-order chi connectivity index (χ1) is 14.4. The molecule has 0 amide bonds. The van der Waals surface area contributed by atoms with E-state index in [1.807, 2.05) is 48.9 Å². The summed E-state index contributed by atoms with van der Waals surface area (Å²) in [5, 5.41) is 14.1. The van der Waals surface area contributed by atoms with E-state index in [-0.39, 0.29) is 29.2 Å². The molecule has 0 aliphatic carbocycles. The molecule has 0 spiro atoms. The highest BCUT2D eigenvalue weighted by Crippen LogP contribution is 2.35. The highest BCUT2D eigenvalue weighted by Gasteiger charge is 2.21. The number of nitriles is 1. The van der Waals surface area contributed by atoms with Crippen molar-refractivity contribution < 1.29 is 0 Å². The number of nitrogens with zero attached hydrogens (tertiary/aromatic N) is 5. The minimum Gasteiger partial charge on any atom is -0.382 e. The van der Waals surface area contributed by atoms with E-state index in [1.165, 1.54) is 0 Å². The Hall–Kier alpha value is -3.83. The van der Waals surface area contributed by atoms with E-state index in [4.69, 9.17) is 23.1 Å². The van der Waals surface area contributed by atoms with Gasteiger partial charge in [0.2, 0.25) is 5.95 Å². The van der Waals surface area contributed by atoms with Crippen LogP contribution in [0, 0.1) is 18.3 Å². The number of nitrogens with two attached hydrogens (primary N) is 2. The molecule has 1 unspecified atom stereocenters. The SMILES string of the molecule is Cc1cccc(-n2cc(C(C)Nc3nc(N)nc(N)c3C#N)c3c(Cl)ccnc32)c1. The van der Waals surface area contributed by atoms with Crippen LogP contribution in [0.2, 0.25) is 5.02 Å². The van der Waals surface area contributed by atoms with E-state index < -0.39 is 0 Å². The van der Waals surface area contributed by atoms with Gasteiger partial charge < -0.3 is 21.4 Å². The van der Waals surface area contributed by atoms with Gasteiger partial charge in [-0.25, -0.2) is 4.98 Å². The summed E-state index contributed by atoms with van der Waals surface area (Å²) in [7, 11) is 0. The number of aromatic nitrogens is 4. The number of aryl methyl sites for hydroxylation is 1. The predicted molar refractivity (Wildman–Crippen MR) is 118 cm³/mol. The summed E-state index contributed by atoms with van der Waals surface area (Å²) in [6, 6.07) is 11.6. The number of rotatable bonds is 4. The van der Waals surface area contributed by atoms with Crippen molar-refractivity contribution in [3.8, 4) is 11.8 Å². The van der Waals surface area contributed by atoms with Gasteiger partial charge in [-0.15, -0.1) is 0 Å². The number of pyridine rings is 1. The molecule has 5 N–H and O–H groups in total. The van der Waals surface area contributed by atoms with Gasteiger partial charge in [0, 0.05) is 29.0 Å². The minimum absolute atomic E-state index is 0.0110. The van der Waals surface area contributed by atoms with Gasteiger partial charge >= 0.3 is 0 Å². The molecule has 1 atom stereocenters. The molecular weight excluding hydrogens is 400 g/mol. The van der Waals surface area contributed by atoms with Crippen molar-refractivity contribution in [1.29, 1.82) is 5.26 Å². The summed E-state index contributed by atoms with van der Waals surface area (Å²) in [4.78, 5) is 12.5. The topological polar surface area (TPSA) is 131 Å². The zero-order chi connectivity index (χ0) is 21.4. The van der Waals surface area contributed by atoms with E-state index in [2.05, 4.69) is 26.3 Å². The summed E-state index contributed by atoms with van der Waals surface area (Å²) in [6.07, 6.45) is 3.66. The van der Waals surface area contributed by atoms with Gasteiger partial charge in [-0.2, -0.15) is 15.2 Å². The van der Waals surface area contributed by atoms with Gasteiger partial charge in [0.1, 0.15) is 23.1 Å². The Morgan fingerprint density at radius 1 is 1.23 bits per heavy atom. The maximum atomic E-state index is 9.44. The second-order valence-corrected chi connectivity index (χ2v) is 7.36. The number of hydrogen-bond donors (Lipinski definition) is 3. The molecule has 8 nitrogen and oxygen atoms in total. The molecule has 0 aliphatic heterocycles. The molecule has 30 heavy (non-hydrogen) atoms. The predicted octanol–water partition coefficient (Wildman–Crippen LogP) is 3.99. The van der Waals surface area contributed by atoms with Crippen molar-refractivity contribution in [2.24, 2.45) is 0 Å². The van der Waals surface area contributed by atoms with Gasteiger partial charge in [0.25, 0.3) is 0 Å². The van der Waals surface area contributed by atoms with E-state index in [0.29, 0.717) is 5.02 Å². The van der Waals surface area contributed by atoms with Crippen LogP contribution in [-0.4, -0.2) is 19.5 Å². The number of hydrogen-bond acceptors (Lipinski definition) is 7. The second kappa shape index (κ2) is 7.54. The van der Waals surface area contributed by atoms with Crippen LogP contribution in [-0.2, 0) is 0 Å². The van der Waals surface area contributed by atoms with E-state index in [0.717, 1.165) is 27.8 Å². The molecule has 0 fully saturated rings. The van der Waals surface area contributed by atoms with Crippen LogP contribution >= 0.6 is 11.6 Å². The molecule has 4 rings (SSSR count). The molecule has 0 bridgehead atoms. The lowest BCUT2D eigenvalue weighted by Gasteiger charge is -2.16. The molecule has 3 heterocycles. The zero-order valence-electron chi connectivity index (χ0n) is 16.4. The molecule has 0 saturated carbocycles. The summed E-state index contributed by atoms with van der Waals surface area (Å²) < 4.78 is 2.00. The Kier molecular flexibility index (Phi) is 4.90. The lowest BCUT2D eigenvalue weighted by molar-refractivity contribution is 0.874. The molecule has 4 aromatic rings. The third kappa shape index (κ3) is 3.36. The molecule has 0 saturated heterocycles. The first kappa shape index (κ1) is 19.5. The van der Waals surface area contributed by atoms with E-state index >= 15 is 0 Å². The average Bonchev–Trinajstić information content (AvgIpc) is 3.09. The monoisotopic (exact) mass is 418 g/mol. The lowest BCUT2D eigenvalue weighted by atomic mass is 10.1. The van der Waals surface area contributed by atoms with Crippen molar-refractivity contribution in [2.45, 2.75) is 19.9 Å². The van der Waals surface area contributed by atoms with Crippen LogP contribution in [0.1, 0.15) is 29.7 Å². The number of fused-ring (bicyclic) bond motifs is 1. The third-order valence-corrected chi connectivity index (χ3v) is 5.15. The number of nitrogen functional groups attached to an aromatic ring is 2. The van der Waals surface area contributed by atoms with E-state index in [9.17, 15) is 5.26 Å². The van der Waals surface area contributed by atoms with Crippen molar-refractivity contribution in [2.75, 3.05) is 16.8 Å². The number of anilines is 3. The largest absolute Gasteiger partial charge is 0.382 e. The Morgan fingerprint density at radius 3 is 2.77 bits per heavy atom. The fourth-order valence-electron chi connectivity index (χ4n) is 3.44. The molecule has 150 valence electrons. The van der Waals surface area contributed by atoms with Crippen LogP contribution in [0.15, 0.2) is 42.7 Å². The van der Waals surface area contributed by atoms with Gasteiger partial charge in [-0.3, -0.25) is 0 Å². The average molecular weight is 419 g/mol. The van der Waals surface area contributed by atoms with Crippen molar-refractivity contribution in [1.82, 2.24) is 19.5 Å². The van der Waals surface area contributed by atoms with Gasteiger partial charge in [-0.1, -0.05) is 23.7 Å². The first-order valence-electron chi connectivity index (χ1n) is 9.21. The highest BCUT2D eigenvalue weighted by atomic mass is 35.5. The Labute approximate surface area is 178 Å². The normalized spacial score (nSPS) is 11.9. The quantitative estimate of drug-likeness (QED) is 0.456. The van der Waals surface area contributed by atoms with Crippen LogP contribution in [0.3, 0.4) is 0 Å². The van der Waals surface area contributed by atoms with Crippen LogP contribution in [0.4, 0.5) is 17.6 Å². The standard InChI is InChI=1S/C21H19ClN8/c1-11-4-3-5-13(8-11)30-10-15(17-16(22)6-7-26-20(17)30)12(2)27-19-14(9-23)18(24)28-21(25)29-19/h3-8,10,12H,1-2H3,(H5,24,25,27,28,29). The molecule has 0 aliphatic rings. The maximum absolute atomic E-state index is 9.44. The van der Waals surface area contributed by atoms with Gasteiger partial charge in [0.15, 0.2) is 5.82 Å². The number of halogens is 1. The summed E-state index contributed by atoms with van der Waals surface area (Å²) in [5.41, 5.74) is 15.4. The second-order valence-electron chi connectivity index (χ2n) is 6.95. The summed E-state index contributed by atoms with van der Waals surface area (Å²) in [6.45, 7) is 3.97. The Balaban J connectivity index is 1.85. The van der Waals surface area contributed by atoms with Crippen LogP contribution in [0.5, 0.6) is 0 Å². The number of nitrogens with one attached hydrogen (secondary N) is 1. The first-order valence-corrected chi connectivity index (χ1v) is 9.59. The van der Waals surface area contributed by atoms with Crippen molar-refractivity contribution >= 4 is 40.2 Å². The lowest BCUT2D eigenvalue weighted by Crippen LogP contribution is -2.13. The molecule has 3 aromatic heterocycles. The summed E-state index contributed by atoms with van der Waals surface area (Å²) >= 11 is 6.55. The Morgan fingerprint density at radius 2 is 2.03 bits per heavy atom. The number of benzene rings is 1. The highest BCUT2D eigenvalue weighted by molar-refractivity contribution is 6.35. The maximum Gasteiger partial charge on any atom is 0.224 e. The van der Waals surface area contributed by atoms with Crippen molar-refractivity contribution in [3.63, 3.8) is 0 Å². The van der Waals surface area contributed by atoms with Gasteiger partial charge in [0.05, 0.1) is 11.1 Å². The Bertz CT molecular complexity index is 1300. The summed E-state index contributed by atoms with van der Waals surface area (Å²) in [5.74, 6) is 0.288. The van der Waals surface area contributed by atoms with E-state index in [1.54, 1.807) is 12.3 Å². The van der Waals surface area contributed by atoms with Gasteiger partial charge in [-0.05, 0) is 37.6 Å². The zero-order valence-corrected chi connectivity index (χ0v) is 17.1. The molecular formula is C21H19ClN8. The fraction of sp³-hybridized carbons (Fsp3) is 0.143. The fourth-order valence-corrected chi connectivity index (χ4v) is 3.69. The minimum atomic E-state index is -0.277. The van der Waals surface area contributed by atoms with Crippen LogP contribution < -0.4 is 16.8 Å². The van der Waals surface area contributed by atoms with Crippen LogP contribution in [0.25, 0.3) is 16.7 Å². The molecule has 1 aromatic carbocycles.